The van der Waals surface area contributed by atoms with Gasteiger partial charge in [0, 0.05) is 0 Å². The number of benzene rings is 1. The van der Waals surface area contributed by atoms with Gasteiger partial charge in [-0.1, -0.05) is 38.2 Å². The molecule has 1 unspecified atom stereocenters. The molecule has 15 heavy (non-hydrogen) atoms. The number of thiocarbonyl (C=S) groups is 1. The molecule has 0 saturated carbocycles. The summed E-state index contributed by atoms with van der Waals surface area (Å²) in [6, 6.07) is 8.09. The number of rotatable bonds is 5. The molecular weight excluding hydrogens is 206 g/mol. The minimum atomic E-state index is 0.304. The van der Waals surface area contributed by atoms with Crippen molar-refractivity contribution in [1.29, 1.82) is 0 Å². The van der Waals surface area contributed by atoms with E-state index in [-0.39, 0.29) is 0 Å². The molecule has 2 N–H and O–H groups in total. The predicted octanol–water partition coefficient (Wildman–Crippen LogP) is 2.87. The lowest BCUT2D eigenvalue weighted by atomic mass is 9.99. The van der Waals surface area contributed by atoms with E-state index in [4.69, 9.17) is 22.7 Å². The van der Waals surface area contributed by atoms with Crippen LogP contribution in [0.25, 0.3) is 0 Å². The minimum absolute atomic E-state index is 0.304. The Morgan fingerprint density at radius 2 is 2.00 bits per heavy atom. The molecule has 0 radical (unpaired) electrons. The van der Waals surface area contributed by atoms with Crippen molar-refractivity contribution in [2.75, 3.05) is 6.61 Å². The van der Waals surface area contributed by atoms with Crippen molar-refractivity contribution in [2.24, 2.45) is 5.73 Å². The molecule has 0 aliphatic rings. The standard InChI is InChI=1S/C12H17NOS/c1-3-9(2)10-4-6-11(7-5-10)14-8-12(13)15/h4-7,9H,3,8H2,1-2H3,(H2,13,15). The van der Waals surface area contributed by atoms with Gasteiger partial charge in [0.15, 0.2) is 0 Å². The molecule has 1 aromatic rings. The molecule has 0 aliphatic heterocycles. The highest BCUT2D eigenvalue weighted by atomic mass is 32.1. The van der Waals surface area contributed by atoms with Crippen LogP contribution in [0, 0.1) is 0 Å². The lowest BCUT2D eigenvalue weighted by molar-refractivity contribution is 0.377. The summed E-state index contributed by atoms with van der Waals surface area (Å²) in [5.41, 5.74) is 6.68. The first-order valence-corrected chi connectivity index (χ1v) is 5.55. The van der Waals surface area contributed by atoms with Crippen molar-refractivity contribution in [3.8, 4) is 5.75 Å². The fourth-order valence-corrected chi connectivity index (χ4v) is 1.34. The van der Waals surface area contributed by atoms with E-state index in [9.17, 15) is 0 Å². The summed E-state index contributed by atoms with van der Waals surface area (Å²) in [6.07, 6.45) is 1.15. The van der Waals surface area contributed by atoms with Crippen LogP contribution in [-0.2, 0) is 0 Å². The Labute approximate surface area is 96.4 Å². The second-order valence-electron chi connectivity index (χ2n) is 3.63. The number of hydrogen-bond donors (Lipinski definition) is 1. The van der Waals surface area contributed by atoms with E-state index in [1.165, 1.54) is 5.56 Å². The van der Waals surface area contributed by atoms with Crippen LogP contribution < -0.4 is 10.5 Å². The van der Waals surface area contributed by atoms with Gasteiger partial charge in [-0.3, -0.25) is 0 Å². The summed E-state index contributed by atoms with van der Waals surface area (Å²) < 4.78 is 5.37. The molecular formula is C12H17NOS. The highest BCUT2D eigenvalue weighted by Crippen LogP contribution is 2.21. The van der Waals surface area contributed by atoms with Gasteiger partial charge in [-0.05, 0) is 30.0 Å². The fourth-order valence-electron chi connectivity index (χ4n) is 1.28. The van der Waals surface area contributed by atoms with Crippen LogP contribution in [0.5, 0.6) is 5.75 Å². The molecule has 1 atom stereocenters. The van der Waals surface area contributed by atoms with Gasteiger partial charge in [0.25, 0.3) is 0 Å². The van der Waals surface area contributed by atoms with E-state index < -0.39 is 0 Å². The van der Waals surface area contributed by atoms with Crippen LogP contribution in [0.15, 0.2) is 24.3 Å². The third-order valence-corrected chi connectivity index (χ3v) is 2.56. The molecule has 0 aromatic heterocycles. The zero-order valence-corrected chi connectivity index (χ0v) is 10.0. The molecule has 0 heterocycles. The SMILES string of the molecule is CCC(C)c1ccc(OCC(N)=S)cc1. The van der Waals surface area contributed by atoms with Gasteiger partial charge in [0.2, 0.25) is 0 Å². The van der Waals surface area contributed by atoms with Crippen LogP contribution >= 0.6 is 12.2 Å². The van der Waals surface area contributed by atoms with Gasteiger partial charge in [-0.25, -0.2) is 0 Å². The third kappa shape index (κ3) is 3.88. The van der Waals surface area contributed by atoms with Crippen molar-refractivity contribution in [2.45, 2.75) is 26.2 Å². The molecule has 0 spiro atoms. The summed E-state index contributed by atoms with van der Waals surface area (Å²) in [7, 11) is 0. The van der Waals surface area contributed by atoms with Crippen LogP contribution in [0.4, 0.5) is 0 Å². The van der Waals surface area contributed by atoms with Gasteiger partial charge in [-0.15, -0.1) is 0 Å². The Morgan fingerprint density at radius 1 is 1.40 bits per heavy atom. The zero-order valence-electron chi connectivity index (χ0n) is 9.19. The largest absolute Gasteiger partial charge is 0.487 e. The topological polar surface area (TPSA) is 35.2 Å². The Hall–Kier alpha value is -1.09. The summed E-state index contributed by atoms with van der Waals surface area (Å²) in [4.78, 5) is 0.376. The lowest BCUT2D eigenvalue weighted by Gasteiger charge is -2.10. The summed E-state index contributed by atoms with van der Waals surface area (Å²) >= 11 is 4.73. The highest BCUT2D eigenvalue weighted by Gasteiger charge is 2.02. The molecule has 3 heteroatoms. The van der Waals surface area contributed by atoms with E-state index in [0.717, 1.165) is 12.2 Å². The number of hydrogen-bond acceptors (Lipinski definition) is 2. The normalized spacial score (nSPS) is 12.1. The van der Waals surface area contributed by atoms with Crippen LogP contribution in [0.2, 0.25) is 0 Å². The van der Waals surface area contributed by atoms with Crippen molar-refractivity contribution in [1.82, 2.24) is 0 Å². The van der Waals surface area contributed by atoms with Crippen LogP contribution in [0.3, 0.4) is 0 Å². The maximum absolute atomic E-state index is 5.37. The molecule has 0 saturated heterocycles. The monoisotopic (exact) mass is 223 g/mol. The van der Waals surface area contributed by atoms with Crippen molar-refractivity contribution in [3.05, 3.63) is 29.8 Å². The highest BCUT2D eigenvalue weighted by molar-refractivity contribution is 7.80. The van der Waals surface area contributed by atoms with Gasteiger partial charge in [-0.2, -0.15) is 0 Å². The molecule has 0 bridgehead atoms. The molecule has 1 aromatic carbocycles. The van der Waals surface area contributed by atoms with E-state index in [0.29, 0.717) is 17.5 Å². The lowest BCUT2D eigenvalue weighted by Crippen LogP contribution is -2.17. The minimum Gasteiger partial charge on any atom is -0.487 e. The van der Waals surface area contributed by atoms with E-state index in [1.807, 2.05) is 12.1 Å². The molecule has 0 amide bonds. The van der Waals surface area contributed by atoms with E-state index in [1.54, 1.807) is 0 Å². The summed E-state index contributed by atoms with van der Waals surface area (Å²) in [5.74, 6) is 1.41. The summed E-state index contributed by atoms with van der Waals surface area (Å²) in [6.45, 7) is 4.70. The second kappa shape index (κ2) is 5.71. The first kappa shape index (κ1) is 12.0. The molecule has 0 aliphatic carbocycles. The average molecular weight is 223 g/mol. The zero-order chi connectivity index (χ0) is 11.3. The fraction of sp³-hybridized carbons (Fsp3) is 0.417. The van der Waals surface area contributed by atoms with E-state index in [2.05, 4.69) is 26.0 Å². The van der Waals surface area contributed by atoms with Crippen molar-refractivity contribution >= 4 is 17.2 Å². The Morgan fingerprint density at radius 3 is 2.47 bits per heavy atom. The smallest absolute Gasteiger partial charge is 0.138 e. The maximum Gasteiger partial charge on any atom is 0.138 e. The van der Waals surface area contributed by atoms with E-state index >= 15 is 0 Å². The average Bonchev–Trinajstić information content (AvgIpc) is 2.26. The van der Waals surface area contributed by atoms with Gasteiger partial charge in [0.1, 0.15) is 17.3 Å². The molecule has 0 fully saturated rings. The molecule has 82 valence electrons. The first-order chi connectivity index (χ1) is 7.13. The predicted molar refractivity (Wildman–Crippen MR) is 67.4 cm³/mol. The Balaban J connectivity index is 2.60. The summed E-state index contributed by atoms with van der Waals surface area (Å²) in [5, 5.41) is 0. The third-order valence-electron chi connectivity index (χ3n) is 2.44. The Bertz CT molecular complexity index is 321. The quantitative estimate of drug-likeness (QED) is 0.780. The second-order valence-corrected chi connectivity index (χ2v) is 4.16. The Kier molecular flexibility index (Phi) is 4.56. The number of ether oxygens (including phenoxy) is 1. The van der Waals surface area contributed by atoms with Gasteiger partial charge in [0.05, 0.1) is 0 Å². The van der Waals surface area contributed by atoms with Crippen LogP contribution in [0.1, 0.15) is 31.7 Å². The maximum atomic E-state index is 5.37. The molecule has 2 nitrogen and oxygen atoms in total. The van der Waals surface area contributed by atoms with Crippen molar-refractivity contribution in [3.63, 3.8) is 0 Å². The molecule has 1 rings (SSSR count). The van der Waals surface area contributed by atoms with Crippen LogP contribution in [-0.4, -0.2) is 11.6 Å². The number of nitrogens with two attached hydrogens (primary N) is 1. The van der Waals surface area contributed by atoms with Crippen molar-refractivity contribution < 1.29 is 4.74 Å². The first-order valence-electron chi connectivity index (χ1n) is 5.14. The van der Waals surface area contributed by atoms with Gasteiger partial charge < -0.3 is 10.5 Å². The van der Waals surface area contributed by atoms with Gasteiger partial charge >= 0.3 is 0 Å².